The highest BCUT2D eigenvalue weighted by Gasteiger charge is 2.43. The van der Waals surface area contributed by atoms with E-state index >= 15 is 0 Å². The molecule has 0 unspecified atom stereocenters. The molecule has 2 rings (SSSR count). The number of nitrogens with one attached hydrogen (secondary N) is 1. The van der Waals surface area contributed by atoms with Crippen molar-refractivity contribution in [1.29, 1.82) is 0 Å². The normalized spacial score (nSPS) is 13.9. The summed E-state index contributed by atoms with van der Waals surface area (Å²) in [5.41, 5.74) is -1.61. The van der Waals surface area contributed by atoms with E-state index in [9.17, 15) is 27.9 Å². The van der Waals surface area contributed by atoms with Crippen LogP contribution >= 0.6 is 0 Å². The van der Waals surface area contributed by atoms with Gasteiger partial charge in [0, 0.05) is 5.39 Å². The maximum atomic E-state index is 13.6. The SMILES string of the molecule is CC(C)(C)OC(=O)N[C@@H](c1ccc2ccc(C=CC(C)(C)C(=O)O)cc2n1)C(F)(F)F. The molecule has 0 radical (unpaired) electrons. The number of hydrogen-bond acceptors (Lipinski definition) is 4. The number of aliphatic carboxylic acids is 1. The molecule has 0 aliphatic rings. The highest BCUT2D eigenvalue weighted by Crippen LogP contribution is 2.33. The molecule has 2 N–H and O–H groups in total. The lowest BCUT2D eigenvalue weighted by molar-refractivity contribution is -0.157. The second-order valence-corrected chi connectivity index (χ2v) is 8.67. The summed E-state index contributed by atoms with van der Waals surface area (Å²) in [5.74, 6) is -1.01. The third-order valence-electron chi connectivity index (χ3n) is 4.27. The van der Waals surface area contributed by atoms with Gasteiger partial charge in [0.25, 0.3) is 0 Å². The summed E-state index contributed by atoms with van der Waals surface area (Å²) >= 11 is 0. The fraction of sp³-hybridized carbons (Fsp3) is 0.409. The Bertz CT molecular complexity index is 1010. The van der Waals surface area contributed by atoms with Crippen LogP contribution in [0, 0.1) is 5.41 Å². The fourth-order valence-corrected chi connectivity index (χ4v) is 2.54. The molecule has 168 valence electrons. The minimum Gasteiger partial charge on any atom is -0.481 e. The minimum absolute atomic E-state index is 0.271. The van der Waals surface area contributed by atoms with Crippen LogP contribution in [0.15, 0.2) is 36.4 Å². The van der Waals surface area contributed by atoms with Crippen molar-refractivity contribution in [1.82, 2.24) is 10.3 Å². The average molecular weight is 438 g/mol. The number of rotatable bonds is 5. The molecule has 31 heavy (non-hydrogen) atoms. The van der Waals surface area contributed by atoms with Gasteiger partial charge in [0.2, 0.25) is 0 Å². The number of alkyl halides is 3. The largest absolute Gasteiger partial charge is 0.481 e. The van der Waals surface area contributed by atoms with Crippen LogP contribution in [0.2, 0.25) is 0 Å². The summed E-state index contributed by atoms with van der Waals surface area (Å²) in [5, 5.41) is 11.6. The number of carbonyl (C=O) groups is 2. The molecule has 0 fully saturated rings. The Kier molecular flexibility index (Phi) is 6.68. The monoisotopic (exact) mass is 438 g/mol. The maximum Gasteiger partial charge on any atom is 0.414 e. The number of fused-ring (bicyclic) bond motifs is 1. The highest BCUT2D eigenvalue weighted by atomic mass is 19.4. The number of pyridine rings is 1. The van der Waals surface area contributed by atoms with Crippen molar-refractivity contribution >= 4 is 29.0 Å². The van der Waals surface area contributed by atoms with E-state index in [1.165, 1.54) is 32.1 Å². The predicted octanol–water partition coefficient (Wildman–Crippen LogP) is 5.49. The maximum absolute atomic E-state index is 13.6. The van der Waals surface area contributed by atoms with E-state index < -0.39 is 41.0 Å². The molecule has 0 saturated heterocycles. The molecule has 0 aliphatic carbocycles. The average Bonchev–Trinajstić information content (AvgIpc) is 2.61. The summed E-state index contributed by atoms with van der Waals surface area (Å²) in [7, 11) is 0. The van der Waals surface area contributed by atoms with Crippen LogP contribution in [0.4, 0.5) is 18.0 Å². The first kappa shape index (κ1) is 24.2. The van der Waals surface area contributed by atoms with E-state index in [0.717, 1.165) is 0 Å². The second-order valence-electron chi connectivity index (χ2n) is 8.67. The van der Waals surface area contributed by atoms with E-state index in [1.54, 1.807) is 45.0 Å². The summed E-state index contributed by atoms with van der Waals surface area (Å²) in [6, 6.07) is 5.25. The van der Waals surface area contributed by atoms with Gasteiger partial charge in [0.05, 0.1) is 16.6 Å². The first-order valence-electron chi connectivity index (χ1n) is 9.48. The van der Waals surface area contributed by atoms with Crippen molar-refractivity contribution in [3.63, 3.8) is 0 Å². The van der Waals surface area contributed by atoms with Crippen LogP contribution < -0.4 is 5.32 Å². The zero-order valence-electron chi connectivity index (χ0n) is 17.9. The van der Waals surface area contributed by atoms with E-state index in [2.05, 4.69) is 4.98 Å². The van der Waals surface area contributed by atoms with Gasteiger partial charge in [0.15, 0.2) is 6.04 Å². The van der Waals surface area contributed by atoms with Gasteiger partial charge in [-0.3, -0.25) is 9.78 Å². The van der Waals surface area contributed by atoms with Crippen LogP contribution in [0.3, 0.4) is 0 Å². The summed E-state index contributed by atoms with van der Waals surface area (Å²) < 4.78 is 45.8. The second kappa shape index (κ2) is 8.56. The number of aromatic nitrogens is 1. The van der Waals surface area contributed by atoms with Crippen LogP contribution in [-0.4, -0.2) is 33.9 Å². The zero-order chi connectivity index (χ0) is 23.6. The molecule has 0 bridgehead atoms. The van der Waals surface area contributed by atoms with Gasteiger partial charge >= 0.3 is 18.2 Å². The Hall–Kier alpha value is -3.10. The molecule has 9 heteroatoms. The number of benzene rings is 1. The van der Waals surface area contributed by atoms with Gasteiger partial charge in [0.1, 0.15) is 5.60 Å². The lowest BCUT2D eigenvalue weighted by Gasteiger charge is -2.25. The van der Waals surface area contributed by atoms with E-state index in [0.29, 0.717) is 10.9 Å². The van der Waals surface area contributed by atoms with E-state index in [-0.39, 0.29) is 5.52 Å². The quantitative estimate of drug-likeness (QED) is 0.645. The molecular formula is C22H25F3N2O4. The Labute approximate surface area is 178 Å². The van der Waals surface area contributed by atoms with Gasteiger partial charge in [-0.15, -0.1) is 0 Å². The standard InChI is InChI=1S/C22H25F3N2O4/c1-20(2,3)31-19(30)27-17(22(23,24)25)15-9-8-14-7-6-13(12-16(14)26-15)10-11-21(4,5)18(28)29/h6-12,17H,1-5H3,(H,27,30)(H,28,29)/t17-/m0/s1. The Morgan fingerprint density at radius 3 is 2.26 bits per heavy atom. The lowest BCUT2D eigenvalue weighted by Crippen LogP contribution is -2.41. The first-order chi connectivity index (χ1) is 14.1. The fourth-order valence-electron chi connectivity index (χ4n) is 2.54. The van der Waals surface area contributed by atoms with Crippen molar-refractivity contribution in [3.8, 4) is 0 Å². The number of carboxylic acid groups (broad SMARTS) is 1. The molecule has 2 aromatic rings. The van der Waals surface area contributed by atoms with Gasteiger partial charge in [-0.1, -0.05) is 30.4 Å². The molecule has 0 aliphatic heterocycles. The molecule has 1 aromatic heterocycles. The van der Waals surface area contributed by atoms with Crippen molar-refractivity contribution in [2.24, 2.45) is 5.41 Å². The van der Waals surface area contributed by atoms with Gasteiger partial charge in [-0.25, -0.2) is 4.79 Å². The Morgan fingerprint density at radius 1 is 1.10 bits per heavy atom. The third-order valence-corrected chi connectivity index (χ3v) is 4.27. The summed E-state index contributed by atoms with van der Waals surface area (Å²) in [6.45, 7) is 7.69. The minimum atomic E-state index is -4.79. The third kappa shape index (κ3) is 6.70. The van der Waals surface area contributed by atoms with Crippen molar-refractivity contribution in [3.05, 3.63) is 47.7 Å². The predicted molar refractivity (Wildman–Crippen MR) is 110 cm³/mol. The first-order valence-corrected chi connectivity index (χ1v) is 9.48. The molecule has 1 amide bonds. The summed E-state index contributed by atoms with van der Waals surface area (Å²) in [4.78, 5) is 27.2. The van der Waals surface area contributed by atoms with Crippen molar-refractivity contribution < 1.29 is 32.6 Å². The number of ether oxygens (including phenoxy) is 1. The smallest absolute Gasteiger partial charge is 0.414 e. The van der Waals surface area contributed by atoms with Gasteiger partial charge in [-0.2, -0.15) is 13.2 Å². The van der Waals surface area contributed by atoms with Gasteiger partial charge in [-0.05, 0) is 52.3 Å². The molecule has 6 nitrogen and oxygen atoms in total. The summed E-state index contributed by atoms with van der Waals surface area (Å²) in [6.07, 6.45) is -2.93. The number of halogens is 3. The van der Waals surface area contributed by atoms with Gasteiger partial charge < -0.3 is 15.2 Å². The topological polar surface area (TPSA) is 88.5 Å². The molecular weight excluding hydrogens is 413 g/mol. The molecule has 1 heterocycles. The Balaban J connectivity index is 2.40. The van der Waals surface area contributed by atoms with Crippen LogP contribution in [0.1, 0.15) is 51.9 Å². The van der Waals surface area contributed by atoms with Crippen LogP contribution in [0.5, 0.6) is 0 Å². The number of carboxylic acids is 1. The van der Waals surface area contributed by atoms with Crippen LogP contribution in [0.25, 0.3) is 17.0 Å². The lowest BCUT2D eigenvalue weighted by atomic mass is 9.92. The van der Waals surface area contributed by atoms with Crippen molar-refractivity contribution in [2.45, 2.75) is 52.4 Å². The van der Waals surface area contributed by atoms with Crippen LogP contribution in [-0.2, 0) is 9.53 Å². The Morgan fingerprint density at radius 2 is 1.71 bits per heavy atom. The number of nitrogens with zero attached hydrogens (tertiary/aromatic N) is 1. The highest BCUT2D eigenvalue weighted by molar-refractivity contribution is 5.82. The van der Waals surface area contributed by atoms with E-state index in [4.69, 9.17) is 4.74 Å². The molecule has 1 aromatic carbocycles. The molecule has 0 saturated carbocycles. The zero-order valence-corrected chi connectivity index (χ0v) is 17.9. The molecule has 1 atom stereocenters. The number of alkyl carbamates (subject to hydrolysis) is 1. The number of hydrogen-bond donors (Lipinski definition) is 2. The molecule has 0 spiro atoms. The van der Waals surface area contributed by atoms with E-state index in [1.807, 2.05) is 5.32 Å². The number of amides is 1. The van der Waals surface area contributed by atoms with Crippen molar-refractivity contribution in [2.75, 3.05) is 0 Å². The number of carbonyl (C=O) groups excluding carboxylic acids is 1.